The minimum Gasteiger partial charge on any atom is -0.467 e. The minimum absolute atomic E-state index is 0.0387. The maximum Gasteiger partial charge on any atom is 0.241 e. The van der Waals surface area contributed by atoms with Gasteiger partial charge < -0.3 is 14.3 Å². The predicted molar refractivity (Wildman–Crippen MR) is 103 cm³/mol. The molecule has 1 fully saturated rings. The van der Waals surface area contributed by atoms with E-state index in [0.717, 1.165) is 42.8 Å². The molecule has 1 aliphatic heterocycles. The summed E-state index contributed by atoms with van der Waals surface area (Å²) in [5.41, 5.74) is 2.12. The van der Waals surface area contributed by atoms with Gasteiger partial charge in [-0.3, -0.25) is 9.69 Å². The molecule has 1 amide bonds. The van der Waals surface area contributed by atoms with Crippen LogP contribution in [0.25, 0.3) is 11.4 Å². The van der Waals surface area contributed by atoms with Crippen LogP contribution in [0.2, 0.25) is 0 Å². The van der Waals surface area contributed by atoms with Crippen LogP contribution in [0, 0.1) is 12.8 Å². The number of piperidine rings is 1. The summed E-state index contributed by atoms with van der Waals surface area (Å²) < 4.78 is 10.7. The van der Waals surface area contributed by atoms with Crippen molar-refractivity contribution in [2.75, 3.05) is 13.1 Å². The Labute approximate surface area is 163 Å². The van der Waals surface area contributed by atoms with Crippen LogP contribution in [0.15, 0.2) is 51.6 Å². The van der Waals surface area contributed by atoms with Gasteiger partial charge in [-0.1, -0.05) is 28.9 Å². The number of rotatable bonds is 6. The molecule has 2 aromatic heterocycles. The van der Waals surface area contributed by atoms with Crippen LogP contribution < -0.4 is 5.32 Å². The molecule has 0 saturated carbocycles. The van der Waals surface area contributed by atoms with Gasteiger partial charge in [-0.2, -0.15) is 4.98 Å². The molecule has 1 aliphatic rings. The van der Waals surface area contributed by atoms with E-state index >= 15 is 0 Å². The molecular formula is C21H24N4O3. The highest BCUT2D eigenvalue weighted by molar-refractivity contribution is 5.78. The summed E-state index contributed by atoms with van der Waals surface area (Å²) in [7, 11) is 0. The smallest absolute Gasteiger partial charge is 0.241 e. The number of hydrogen-bond acceptors (Lipinski definition) is 6. The van der Waals surface area contributed by atoms with Gasteiger partial charge in [0.1, 0.15) is 5.76 Å². The highest BCUT2D eigenvalue weighted by Crippen LogP contribution is 2.21. The lowest BCUT2D eigenvalue weighted by molar-refractivity contribution is -0.126. The Morgan fingerprint density at radius 3 is 2.86 bits per heavy atom. The molecule has 0 radical (unpaired) electrons. The monoisotopic (exact) mass is 380 g/mol. The Morgan fingerprint density at radius 2 is 2.11 bits per heavy atom. The molecule has 28 heavy (non-hydrogen) atoms. The number of benzene rings is 1. The predicted octanol–water partition coefficient (Wildman–Crippen LogP) is 3.17. The number of furan rings is 1. The molecular weight excluding hydrogens is 356 g/mol. The van der Waals surface area contributed by atoms with Gasteiger partial charge in [0.15, 0.2) is 0 Å². The highest BCUT2D eigenvalue weighted by atomic mass is 16.5. The third-order valence-electron chi connectivity index (χ3n) is 5.08. The molecule has 1 N–H and O–H groups in total. The molecule has 0 bridgehead atoms. The quantitative estimate of drug-likeness (QED) is 0.707. The Balaban J connectivity index is 1.26. The lowest BCUT2D eigenvalue weighted by Crippen LogP contribution is -2.40. The molecule has 4 rings (SSSR count). The first-order chi connectivity index (χ1) is 13.7. The average molecular weight is 380 g/mol. The van der Waals surface area contributed by atoms with Crippen molar-refractivity contribution in [1.82, 2.24) is 20.4 Å². The van der Waals surface area contributed by atoms with E-state index < -0.39 is 0 Å². The van der Waals surface area contributed by atoms with E-state index in [1.807, 2.05) is 43.3 Å². The third kappa shape index (κ3) is 4.48. The number of nitrogens with zero attached hydrogens (tertiary/aromatic N) is 3. The van der Waals surface area contributed by atoms with Gasteiger partial charge in [0.25, 0.3) is 0 Å². The molecule has 7 heteroatoms. The first-order valence-electron chi connectivity index (χ1n) is 9.59. The SMILES string of the molecule is Cc1cccc(-c2noc(CN3CCC(C(=O)NCc4ccco4)CC3)n2)c1. The molecule has 0 spiro atoms. The van der Waals surface area contributed by atoms with E-state index in [-0.39, 0.29) is 11.8 Å². The van der Waals surface area contributed by atoms with Crippen LogP contribution in [0.4, 0.5) is 0 Å². The van der Waals surface area contributed by atoms with E-state index in [9.17, 15) is 4.79 Å². The summed E-state index contributed by atoms with van der Waals surface area (Å²) >= 11 is 0. The first-order valence-corrected chi connectivity index (χ1v) is 9.59. The van der Waals surface area contributed by atoms with Crippen molar-refractivity contribution in [3.63, 3.8) is 0 Å². The lowest BCUT2D eigenvalue weighted by Gasteiger charge is -2.30. The van der Waals surface area contributed by atoms with Gasteiger partial charge in [0, 0.05) is 11.5 Å². The Morgan fingerprint density at radius 1 is 1.25 bits per heavy atom. The number of nitrogens with one attached hydrogen (secondary N) is 1. The van der Waals surface area contributed by atoms with Crippen molar-refractivity contribution >= 4 is 5.91 Å². The van der Waals surface area contributed by atoms with Gasteiger partial charge in [-0.15, -0.1) is 0 Å². The van der Waals surface area contributed by atoms with Crippen molar-refractivity contribution in [3.05, 3.63) is 59.9 Å². The number of amides is 1. The number of aromatic nitrogens is 2. The van der Waals surface area contributed by atoms with Crippen LogP contribution >= 0.6 is 0 Å². The number of carbonyl (C=O) groups excluding carboxylic acids is 1. The standard InChI is InChI=1S/C21H24N4O3/c1-15-4-2-5-17(12-15)20-23-19(28-24-20)14-25-9-7-16(8-10-25)21(26)22-13-18-6-3-11-27-18/h2-6,11-12,16H,7-10,13-14H2,1H3,(H,22,26). The second-order valence-corrected chi connectivity index (χ2v) is 7.23. The van der Waals surface area contributed by atoms with Gasteiger partial charge >= 0.3 is 0 Å². The maximum atomic E-state index is 12.3. The first kappa shape index (κ1) is 18.4. The van der Waals surface area contributed by atoms with Gasteiger partial charge in [-0.25, -0.2) is 0 Å². The molecule has 0 atom stereocenters. The second-order valence-electron chi connectivity index (χ2n) is 7.23. The van der Waals surface area contributed by atoms with Gasteiger partial charge in [0.2, 0.25) is 17.6 Å². The molecule has 3 aromatic rings. The molecule has 0 aliphatic carbocycles. The van der Waals surface area contributed by atoms with E-state index in [1.54, 1.807) is 6.26 Å². The Bertz CT molecular complexity index is 911. The minimum atomic E-state index is 0.0387. The second kappa shape index (κ2) is 8.39. The van der Waals surface area contributed by atoms with Crippen molar-refractivity contribution in [2.24, 2.45) is 5.92 Å². The summed E-state index contributed by atoms with van der Waals surface area (Å²) in [5.74, 6) is 2.13. The van der Waals surface area contributed by atoms with Crippen LogP contribution in [0.5, 0.6) is 0 Å². The zero-order valence-corrected chi connectivity index (χ0v) is 15.9. The van der Waals surface area contributed by atoms with Crippen molar-refractivity contribution in [1.29, 1.82) is 0 Å². The zero-order chi connectivity index (χ0) is 19.3. The summed E-state index contributed by atoms with van der Waals surface area (Å²) in [4.78, 5) is 19.1. The summed E-state index contributed by atoms with van der Waals surface area (Å²) in [6.45, 7) is 4.76. The summed E-state index contributed by atoms with van der Waals surface area (Å²) in [6.07, 6.45) is 3.26. The maximum absolute atomic E-state index is 12.3. The van der Waals surface area contributed by atoms with Crippen molar-refractivity contribution in [2.45, 2.75) is 32.9 Å². The number of likely N-dealkylation sites (tertiary alicyclic amines) is 1. The molecule has 0 unspecified atom stereocenters. The van der Waals surface area contributed by atoms with Gasteiger partial charge in [-0.05, 0) is 51.1 Å². The van der Waals surface area contributed by atoms with E-state index in [1.165, 1.54) is 0 Å². The van der Waals surface area contributed by atoms with Crippen molar-refractivity contribution < 1.29 is 13.7 Å². The van der Waals surface area contributed by atoms with Crippen LogP contribution in [0.1, 0.15) is 30.1 Å². The molecule has 146 valence electrons. The zero-order valence-electron chi connectivity index (χ0n) is 15.9. The summed E-state index contributed by atoms with van der Waals surface area (Å²) in [5, 5.41) is 7.05. The molecule has 7 nitrogen and oxygen atoms in total. The average Bonchev–Trinajstić information content (AvgIpc) is 3.39. The summed E-state index contributed by atoms with van der Waals surface area (Å²) in [6, 6.07) is 11.7. The molecule has 3 heterocycles. The van der Waals surface area contributed by atoms with Gasteiger partial charge in [0.05, 0.1) is 19.4 Å². The fourth-order valence-corrected chi connectivity index (χ4v) is 3.50. The number of aryl methyl sites for hydroxylation is 1. The Kier molecular flexibility index (Phi) is 5.53. The highest BCUT2D eigenvalue weighted by Gasteiger charge is 2.26. The van der Waals surface area contributed by atoms with E-state index in [4.69, 9.17) is 8.94 Å². The fourth-order valence-electron chi connectivity index (χ4n) is 3.50. The largest absolute Gasteiger partial charge is 0.467 e. The number of hydrogen-bond donors (Lipinski definition) is 1. The van der Waals surface area contributed by atoms with E-state index in [2.05, 4.69) is 20.4 Å². The normalized spacial score (nSPS) is 15.6. The third-order valence-corrected chi connectivity index (χ3v) is 5.08. The van der Waals surface area contributed by atoms with Crippen LogP contribution in [-0.2, 0) is 17.9 Å². The number of carbonyl (C=O) groups is 1. The molecule has 1 saturated heterocycles. The molecule has 1 aromatic carbocycles. The lowest BCUT2D eigenvalue weighted by atomic mass is 9.96. The Hall–Kier alpha value is -2.93. The van der Waals surface area contributed by atoms with Crippen LogP contribution in [0.3, 0.4) is 0 Å². The van der Waals surface area contributed by atoms with Crippen molar-refractivity contribution in [3.8, 4) is 11.4 Å². The fraction of sp³-hybridized carbons (Fsp3) is 0.381. The topological polar surface area (TPSA) is 84.4 Å². The van der Waals surface area contributed by atoms with Crippen LogP contribution in [-0.4, -0.2) is 34.0 Å². The van der Waals surface area contributed by atoms with E-state index in [0.29, 0.717) is 24.8 Å².